The van der Waals surface area contributed by atoms with E-state index >= 15 is 0 Å². The maximum Gasteiger partial charge on any atom is 0.220 e. The molecule has 1 amide bonds. The number of hydrogen-bond donors (Lipinski definition) is 3. The van der Waals surface area contributed by atoms with Crippen molar-refractivity contribution in [2.24, 2.45) is 11.7 Å². The summed E-state index contributed by atoms with van der Waals surface area (Å²) in [6, 6.07) is 16.3. The van der Waals surface area contributed by atoms with Gasteiger partial charge >= 0.3 is 0 Å². The summed E-state index contributed by atoms with van der Waals surface area (Å²) < 4.78 is 0. The number of nitrogens with zero attached hydrogens (tertiary/aromatic N) is 1. The molecule has 5 nitrogen and oxygen atoms in total. The van der Waals surface area contributed by atoms with Gasteiger partial charge in [-0.1, -0.05) is 42.8 Å². The zero-order valence-corrected chi connectivity index (χ0v) is 16.0. The molecule has 2 aromatic carbocycles. The maximum absolute atomic E-state index is 12.1. The van der Waals surface area contributed by atoms with Crippen LogP contribution in [0.1, 0.15) is 31.2 Å². The first-order valence-electron chi connectivity index (χ1n) is 9.25. The molecule has 1 aliphatic carbocycles. The van der Waals surface area contributed by atoms with Crippen molar-refractivity contribution in [2.75, 3.05) is 0 Å². The highest BCUT2D eigenvalue weighted by Gasteiger charge is 2.25. The molecule has 1 saturated carbocycles. The largest absolute Gasteiger partial charge is 0.352 e. The van der Waals surface area contributed by atoms with Gasteiger partial charge in [-0.15, -0.1) is 12.4 Å². The van der Waals surface area contributed by atoms with Gasteiger partial charge in [-0.25, -0.2) is 4.98 Å². The van der Waals surface area contributed by atoms with Crippen molar-refractivity contribution in [1.82, 2.24) is 15.3 Å². The predicted molar refractivity (Wildman–Crippen MR) is 111 cm³/mol. The number of hydrogen-bond acceptors (Lipinski definition) is 3. The van der Waals surface area contributed by atoms with Crippen LogP contribution < -0.4 is 11.1 Å². The number of aromatic amines is 1. The van der Waals surface area contributed by atoms with Gasteiger partial charge in [0.15, 0.2) is 0 Å². The van der Waals surface area contributed by atoms with Gasteiger partial charge in [0, 0.05) is 24.6 Å². The average Bonchev–Trinajstić information content (AvgIpc) is 3.27. The summed E-state index contributed by atoms with van der Waals surface area (Å²) in [6.07, 6.45) is 3.79. The zero-order valence-electron chi connectivity index (χ0n) is 15.2. The van der Waals surface area contributed by atoms with Crippen molar-refractivity contribution >= 4 is 29.3 Å². The fourth-order valence-electron chi connectivity index (χ4n) is 3.70. The highest BCUT2D eigenvalue weighted by Crippen LogP contribution is 2.26. The Labute approximate surface area is 165 Å². The smallest absolute Gasteiger partial charge is 0.220 e. The third-order valence-electron chi connectivity index (χ3n) is 5.27. The number of H-pyrrole nitrogens is 1. The molecule has 0 bridgehead atoms. The maximum atomic E-state index is 12.1. The molecule has 27 heavy (non-hydrogen) atoms. The number of nitrogens with one attached hydrogen (secondary N) is 2. The van der Waals surface area contributed by atoms with Crippen LogP contribution >= 0.6 is 12.4 Å². The van der Waals surface area contributed by atoms with Gasteiger partial charge in [0.1, 0.15) is 5.82 Å². The molecular weight excluding hydrogens is 360 g/mol. The van der Waals surface area contributed by atoms with Crippen LogP contribution in [0.15, 0.2) is 48.5 Å². The van der Waals surface area contributed by atoms with Crippen molar-refractivity contribution in [3.05, 3.63) is 54.1 Å². The third kappa shape index (κ3) is 4.49. The van der Waals surface area contributed by atoms with Gasteiger partial charge in [-0.05, 0) is 36.5 Å². The van der Waals surface area contributed by atoms with E-state index in [2.05, 4.69) is 15.3 Å². The number of para-hydroxylation sites is 2. The average molecular weight is 385 g/mol. The summed E-state index contributed by atoms with van der Waals surface area (Å²) >= 11 is 0. The fraction of sp³-hybridized carbons (Fsp3) is 0.333. The summed E-state index contributed by atoms with van der Waals surface area (Å²) in [6.45, 7) is 0.543. The van der Waals surface area contributed by atoms with Gasteiger partial charge in [0.05, 0.1) is 11.0 Å². The van der Waals surface area contributed by atoms with Crippen LogP contribution in [0.4, 0.5) is 0 Å². The monoisotopic (exact) mass is 384 g/mol. The number of fused-ring (bicyclic) bond motifs is 1. The molecule has 0 aliphatic heterocycles. The standard InChI is InChI=1S/C21H24N4O.ClH/c22-17-5-3-4-16(17)12-20(26)23-13-14-8-10-15(11-9-14)21-24-18-6-1-2-7-19(18)25-21;/h1-2,6-11,16-17H,3-5,12-13,22H2,(H,23,26)(H,24,25);1H/t16-,17+;/m0./s1. The molecular formula is C21H25ClN4O. The number of carbonyl (C=O) groups excluding carboxylic acids is 1. The first-order chi connectivity index (χ1) is 12.7. The SMILES string of the molecule is Cl.N[C@@H]1CCC[C@H]1CC(=O)NCc1ccc(-c2nc3ccccc3[nH]2)cc1. The highest BCUT2D eigenvalue weighted by atomic mass is 35.5. The molecule has 1 aromatic heterocycles. The lowest BCUT2D eigenvalue weighted by atomic mass is 10.00. The molecule has 0 spiro atoms. The Kier molecular flexibility index (Phi) is 6.14. The summed E-state index contributed by atoms with van der Waals surface area (Å²) in [7, 11) is 0. The van der Waals surface area contributed by atoms with Crippen LogP contribution in [0, 0.1) is 5.92 Å². The van der Waals surface area contributed by atoms with Gasteiger partial charge in [-0.3, -0.25) is 4.79 Å². The van der Waals surface area contributed by atoms with Gasteiger partial charge in [-0.2, -0.15) is 0 Å². The lowest BCUT2D eigenvalue weighted by Crippen LogP contribution is -2.31. The number of rotatable bonds is 5. The van der Waals surface area contributed by atoms with E-state index in [1.165, 1.54) is 0 Å². The normalized spacial score (nSPS) is 19.0. The molecule has 4 rings (SSSR count). The number of carbonyl (C=O) groups is 1. The quantitative estimate of drug-likeness (QED) is 0.625. The first-order valence-corrected chi connectivity index (χ1v) is 9.25. The Morgan fingerprint density at radius 3 is 2.63 bits per heavy atom. The van der Waals surface area contributed by atoms with E-state index in [9.17, 15) is 4.79 Å². The Hall–Kier alpha value is -2.37. The third-order valence-corrected chi connectivity index (χ3v) is 5.27. The van der Waals surface area contributed by atoms with Crippen LogP contribution in [0.3, 0.4) is 0 Å². The number of amides is 1. The molecule has 3 aromatic rings. The number of halogens is 1. The van der Waals surface area contributed by atoms with Gasteiger partial charge in [0.25, 0.3) is 0 Å². The lowest BCUT2D eigenvalue weighted by molar-refractivity contribution is -0.122. The minimum absolute atomic E-state index is 0. The number of aromatic nitrogens is 2. The lowest BCUT2D eigenvalue weighted by Gasteiger charge is -2.14. The number of benzene rings is 2. The summed E-state index contributed by atoms with van der Waals surface area (Å²) in [4.78, 5) is 20.1. The van der Waals surface area contributed by atoms with E-state index in [0.29, 0.717) is 18.9 Å². The van der Waals surface area contributed by atoms with Crippen LogP contribution in [0.25, 0.3) is 22.4 Å². The van der Waals surface area contributed by atoms with E-state index in [4.69, 9.17) is 5.73 Å². The first kappa shape index (κ1) is 19.4. The molecule has 1 heterocycles. The van der Waals surface area contributed by atoms with Crippen molar-refractivity contribution in [1.29, 1.82) is 0 Å². The van der Waals surface area contributed by atoms with Crippen molar-refractivity contribution < 1.29 is 4.79 Å². The molecule has 1 aliphatic rings. The second-order valence-corrected chi connectivity index (χ2v) is 7.14. The minimum atomic E-state index is 0. The molecule has 4 N–H and O–H groups in total. The summed E-state index contributed by atoms with van der Waals surface area (Å²) in [5.74, 6) is 1.29. The molecule has 142 valence electrons. The van der Waals surface area contributed by atoms with Crippen molar-refractivity contribution in [2.45, 2.75) is 38.3 Å². The van der Waals surface area contributed by atoms with Crippen LogP contribution in [-0.4, -0.2) is 21.9 Å². The fourth-order valence-corrected chi connectivity index (χ4v) is 3.70. The molecule has 0 unspecified atom stereocenters. The zero-order chi connectivity index (χ0) is 17.9. The van der Waals surface area contributed by atoms with Gasteiger partial charge < -0.3 is 16.0 Å². The Bertz CT molecular complexity index is 873. The van der Waals surface area contributed by atoms with Gasteiger partial charge in [0.2, 0.25) is 5.91 Å². The van der Waals surface area contributed by atoms with Crippen LogP contribution in [0.5, 0.6) is 0 Å². The minimum Gasteiger partial charge on any atom is -0.352 e. The van der Waals surface area contributed by atoms with Crippen LogP contribution in [0.2, 0.25) is 0 Å². The Morgan fingerprint density at radius 1 is 1.15 bits per heavy atom. The van der Waals surface area contributed by atoms with Crippen LogP contribution in [-0.2, 0) is 11.3 Å². The molecule has 6 heteroatoms. The topological polar surface area (TPSA) is 83.8 Å². The molecule has 2 atom stereocenters. The van der Waals surface area contributed by atoms with E-state index in [-0.39, 0.29) is 24.4 Å². The second-order valence-electron chi connectivity index (χ2n) is 7.14. The Morgan fingerprint density at radius 2 is 1.93 bits per heavy atom. The molecule has 0 radical (unpaired) electrons. The predicted octanol–water partition coefficient (Wildman–Crippen LogP) is 3.79. The van der Waals surface area contributed by atoms with Crippen molar-refractivity contribution in [3.63, 3.8) is 0 Å². The highest BCUT2D eigenvalue weighted by molar-refractivity contribution is 5.85. The molecule has 0 saturated heterocycles. The molecule has 1 fully saturated rings. The summed E-state index contributed by atoms with van der Waals surface area (Å²) in [5.41, 5.74) is 10.2. The van der Waals surface area contributed by atoms with E-state index < -0.39 is 0 Å². The Balaban J connectivity index is 0.00000210. The van der Waals surface area contributed by atoms with Crippen molar-refractivity contribution in [3.8, 4) is 11.4 Å². The second kappa shape index (κ2) is 8.55. The van der Waals surface area contributed by atoms with E-state index in [1.54, 1.807) is 0 Å². The number of imidazole rings is 1. The number of nitrogens with two attached hydrogens (primary N) is 1. The van der Waals surface area contributed by atoms with E-state index in [0.717, 1.165) is 47.2 Å². The summed E-state index contributed by atoms with van der Waals surface area (Å²) in [5, 5.41) is 3.01. The van der Waals surface area contributed by atoms with E-state index in [1.807, 2.05) is 48.5 Å².